The molecule has 0 aliphatic rings. The van der Waals surface area contributed by atoms with Crippen molar-refractivity contribution in [1.29, 1.82) is 0 Å². The molecule has 0 aliphatic heterocycles. The molecule has 1 aromatic carbocycles. The Morgan fingerprint density at radius 3 is 2.33 bits per heavy atom. The largest absolute Gasteiger partial charge is 0.240 e. The van der Waals surface area contributed by atoms with Crippen molar-refractivity contribution < 1.29 is 8.42 Å². The van der Waals surface area contributed by atoms with Crippen LogP contribution in [0.1, 0.15) is 18.9 Å². The van der Waals surface area contributed by atoms with Crippen LogP contribution in [-0.2, 0) is 15.9 Å². The van der Waals surface area contributed by atoms with Crippen molar-refractivity contribution in [2.75, 3.05) is 6.54 Å². The van der Waals surface area contributed by atoms with E-state index in [2.05, 4.69) is 4.72 Å². The average Bonchev–Trinajstić information content (AvgIpc) is 2.26. The van der Waals surface area contributed by atoms with Crippen molar-refractivity contribution >= 4 is 21.6 Å². The monoisotopic (exact) mass is 247 g/mol. The highest BCUT2D eigenvalue weighted by Crippen LogP contribution is 2.11. The van der Waals surface area contributed by atoms with E-state index in [1.165, 1.54) is 0 Å². The number of alkyl halides is 1. The molecule has 0 atom stereocenters. The van der Waals surface area contributed by atoms with E-state index in [1.807, 2.05) is 6.92 Å². The highest BCUT2D eigenvalue weighted by Gasteiger charge is 2.11. The van der Waals surface area contributed by atoms with Gasteiger partial charge in [0.1, 0.15) is 0 Å². The van der Waals surface area contributed by atoms with Crippen LogP contribution < -0.4 is 4.72 Å². The van der Waals surface area contributed by atoms with E-state index < -0.39 is 10.0 Å². The zero-order chi connectivity index (χ0) is 11.3. The van der Waals surface area contributed by atoms with Gasteiger partial charge >= 0.3 is 0 Å². The van der Waals surface area contributed by atoms with E-state index in [0.717, 1.165) is 12.0 Å². The van der Waals surface area contributed by atoms with Crippen LogP contribution in [0.25, 0.3) is 0 Å². The van der Waals surface area contributed by atoms with E-state index in [4.69, 9.17) is 11.6 Å². The summed E-state index contributed by atoms with van der Waals surface area (Å²) in [7, 11) is -3.34. The smallest absolute Gasteiger partial charge is 0.211 e. The molecule has 1 N–H and O–H groups in total. The molecule has 15 heavy (non-hydrogen) atoms. The molecule has 0 saturated heterocycles. The number of hydrogen-bond donors (Lipinski definition) is 1. The van der Waals surface area contributed by atoms with Crippen molar-refractivity contribution in [3.05, 3.63) is 29.8 Å². The third-order valence-electron chi connectivity index (χ3n) is 1.93. The molecule has 1 rings (SSSR count). The third-order valence-corrected chi connectivity index (χ3v) is 3.72. The first-order valence-corrected chi connectivity index (χ1v) is 6.76. The highest BCUT2D eigenvalue weighted by molar-refractivity contribution is 7.89. The van der Waals surface area contributed by atoms with Crippen LogP contribution in [0, 0.1) is 0 Å². The predicted molar refractivity (Wildman–Crippen MR) is 61.5 cm³/mol. The molecule has 0 bridgehead atoms. The van der Waals surface area contributed by atoms with Crippen molar-refractivity contribution in [3.8, 4) is 0 Å². The average molecular weight is 248 g/mol. The summed E-state index contributed by atoms with van der Waals surface area (Å²) in [6.07, 6.45) is 0.777. The molecule has 0 saturated carbocycles. The third kappa shape index (κ3) is 3.48. The van der Waals surface area contributed by atoms with Crippen molar-refractivity contribution in [1.82, 2.24) is 4.72 Å². The van der Waals surface area contributed by atoms with Crippen LogP contribution >= 0.6 is 11.6 Å². The molecule has 1 aromatic rings. The minimum Gasteiger partial charge on any atom is -0.211 e. The van der Waals surface area contributed by atoms with Crippen LogP contribution in [0.4, 0.5) is 0 Å². The standard InChI is InChI=1S/C10H14ClNO2S/c1-2-7-12-15(13,14)10-5-3-9(8-11)4-6-10/h3-6,12H,2,7-8H2,1H3. The summed E-state index contributed by atoms with van der Waals surface area (Å²) >= 11 is 5.61. The summed E-state index contributed by atoms with van der Waals surface area (Å²) in [5.74, 6) is 0.392. The first-order valence-electron chi connectivity index (χ1n) is 4.74. The van der Waals surface area contributed by atoms with Gasteiger partial charge in [0.25, 0.3) is 0 Å². The molecule has 5 heteroatoms. The second-order valence-electron chi connectivity index (χ2n) is 3.18. The maximum Gasteiger partial charge on any atom is 0.240 e. The van der Waals surface area contributed by atoms with E-state index in [9.17, 15) is 8.42 Å². The summed E-state index contributed by atoms with van der Waals surface area (Å²) in [6.45, 7) is 2.37. The molecule has 0 heterocycles. The summed E-state index contributed by atoms with van der Waals surface area (Å²) in [5.41, 5.74) is 0.908. The fraction of sp³-hybridized carbons (Fsp3) is 0.400. The lowest BCUT2D eigenvalue weighted by molar-refractivity contribution is 0.581. The van der Waals surface area contributed by atoms with Crippen molar-refractivity contribution in [3.63, 3.8) is 0 Å². The molecular weight excluding hydrogens is 234 g/mol. The molecule has 0 amide bonds. The summed E-state index contributed by atoms with van der Waals surface area (Å²) in [6, 6.07) is 6.56. The lowest BCUT2D eigenvalue weighted by Crippen LogP contribution is -2.24. The molecule has 0 unspecified atom stereocenters. The van der Waals surface area contributed by atoms with E-state index in [1.54, 1.807) is 24.3 Å². The first-order chi connectivity index (χ1) is 7.10. The quantitative estimate of drug-likeness (QED) is 0.811. The van der Waals surface area contributed by atoms with Crippen LogP contribution in [0.3, 0.4) is 0 Å². The minimum atomic E-state index is -3.34. The maximum absolute atomic E-state index is 11.6. The molecule has 0 fully saturated rings. The fourth-order valence-corrected chi connectivity index (χ4v) is 2.39. The minimum absolute atomic E-state index is 0.282. The van der Waals surface area contributed by atoms with Gasteiger partial charge in [-0.25, -0.2) is 13.1 Å². The van der Waals surface area contributed by atoms with E-state index >= 15 is 0 Å². The van der Waals surface area contributed by atoms with Crippen molar-refractivity contribution in [2.24, 2.45) is 0 Å². The molecule has 3 nitrogen and oxygen atoms in total. The summed E-state index contributed by atoms with van der Waals surface area (Å²) < 4.78 is 25.8. The Balaban J connectivity index is 2.86. The van der Waals surface area contributed by atoms with Gasteiger partial charge < -0.3 is 0 Å². The topological polar surface area (TPSA) is 46.2 Å². The zero-order valence-corrected chi connectivity index (χ0v) is 10.1. The Morgan fingerprint density at radius 2 is 1.87 bits per heavy atom. The van der Waals surface area contributed by atoms with Crippen LogP contribution in [-0.4, -0.2) is 15.0 Å². The first kappa shape index (κ1) is 12.5. The Morgan fingerprint density at radius 1 is 1.27 bits per heavy atom. The molecule has 0 aromatic heterocycles. The van der Waals surface area contributed by atoms with Gasteiger partial charge in [0.05, 0.1) is 4.90 Å². The second kappa shape index (κ2) is 5.49. The van der Waals surface area contributed by atoms with Crippen molar-refractivity contribution in [2.45, 2.75) is 24.1 Å². The van der Waals surface area contributed by atoms with E-state index in [-0.39, 0.29) is 4.90 Å². The summed E-state index contributed by atoms with van der Waals surface area (Å²) in [5, 5.41) is 0. The highest BCUT2D eigenvalue weighted by atomic mass is 35.5. The predicted octanol–water partition coefficient (Wildman–Crippen LogP) is 2.11. The Kier molecular flexibility index (Phi) is 4.57. The SMILES string of the molecule is CCCNS(=O)(=O)c1ccc(CCl)cc1. The second-order valence-corrected chi connectivity index (χ2v) is 5.21. The van der Waals surface area contributed by atoms with Crippen LogP contribution in [0.15, 0.2) is 29.2 Å². The molecule has 84 valence electrons. The summed E-state index contributed by atoms with van der Waals surface area (Å²) in [4.78, 5) is 0.282. The zero-order valence-electron chi connectivity index (χ0n) is 8.53. The fourth-order valence-electron chi connectivity index (χ4n) is 1.08. The molecule has 0 spiro atoms. The van der Waals surface area contributed by atoms with Crippen LogP contribution in [0.2, 0.25) is 0 Å². The molecule has 0 radical (unpaired) electrons. The number of hydrogen-bond acceptors (Lipinski definition) is 2. The van der Waals surface area contributed by atoms with Gasteiger partial charge in [-0.1, -0.05) is 19.1 Å². The Labute approximate surface area is 95.5 Å². The normalized spacial score (nSPS) is 11.6. The van der Waals surface area contributed by atoms with Gasteiger partial charge in [-0.2, -0.15) is 0 Å². The number of benzene rings is 1. The molecular formula is C10H14ClNO2S. The lowest BCUT2D eigenvalue weighted by atomic mass is 10.2. The number of sulfonamides is 1. The number of nitrogens with one attached hydrogen (secondary N) is 1. The lowest BCUT2D eigenvalue weighted by Gasteiger charge is -2.05. The van der Waals surface area contributed by atoms with Crippen LogP contribution in [0.5, 0.6) is 0 Å². The Bertz CT molecular complexity index is 400. The molecule has 0 aliphatic carbocycles. The van der Waals surface area contributed by atoms with E-state index in [0.29, 0.717) is 12.4 Å². The van der Waals surface area contributed by atoms with Gasteiger partial charge in [0.2, 0.25) is 10.0 Å². The van der Waals surface area contributed by atoms with Gasteiger partial charge in [-0.05, 0) is 24.1 Å². The number of rotatable bonds is 5. The maximum atomic E-state index is 11.6. The Hall–Kier alpha value is -0.580. The van der Waals surface area contributed by atoms with Gasteiger partial charge in [-0.15, -0.1) is 11.6 Å². The number of halogens is 1. The van der Waals surface area contributed by atoms with Gasteiger partial charge in [-0.3, -0.25) is 0 Å². The van der Waals surface area contributed by atoms with Gasteiger partial charge in [0.15, 0.2) is 0 Å². The van der Waals surface area contributed by atoms with Gasteiger partial charge in [0, 0.05) is 12.4 Å².